The van der Waals surface area contributed by atoms with E-state index in [0.29, 0.717) is 19.1 Å². The van der Waals surface area contributed by atoms with Gasteiger partial charge in [-0.25, -0.2) is 4.79 Å². The third-order valence-corrected chi connectivity index (χ3v) is 4.74. The number of hydrogen-bond acceptors (Lipinski definition) is 2. The van der Waals surface area contributed by atoms with Gasteiger partial charge in [-0.05, 0) is 49.4 Å². The summed E-state index contributed by atoms with van der Waals surface area (Å²) in [6.07, 6.45) is 6.52. The fourth-order valence-electron chi connectivity index (χ4n) is 3.43. The van der Waals surface area contributed by atoms with Crippen molar-refractivity contribution in [3.05, 3.63) is 34.9 Å². The number of amides is 1. The van der Waals surface area contributed by atoms with Crippen LogP contribution < -0.4 is 5.32 Å². The predicted molar refractivity (Wildman–Crippen MR) is 93.6 cm³/mol. The molecule has 0 aliphatic carbocycles. The molecule has 2 N–H and O–H groups in total. The molecule has 1 aromatic carbocycles. The van der Waals surface area contributed by atoms with Gasteiger partial charge in [0.1, 0.15) is 0 Å². The lowest BCUT2D eigenvalue weighted by Crippen LogP contribution is -2.25. The highest BCUT2D eigenvalue weighted by Crippen LogP contribution is 2.27. The molecule has 1 unspecified atom stereocenters. The second-order valence-corrected chi connectivity index (χ2v) is 6.61. The largest absolute Gasteiger partial charge is 0.465 e. The lowest BCUT2D eigenvalue weighted by atomic mass is 9.98. The fourth-order valence-corrected chi connectivity index (χ4v) is 3.43. The number of nitrogens with zero attached hydrogens (tertiary/aromatic N) is 1. The van der Waals surface area contributed by atoms with Crippen molar-refractivity contribution in [2.75, 3.05) is 6.54 Å². The van der Waals surface area contributed by atoms with Crippen molar-refractivity contribution in [2.24, 2.45) is 0 Å². The van der Waals surface area contributed by atoms with Crippen LogP contribution in [0.15, 0.2) is 18.2 Å². The molecule has 0 radical (unpaired) electrons. The molecule has 4 heteroatoms. The number of nitrogens with one attached hydrogen (secondary N) is 1. The first-order valence-electron chi connectivity index (χ1n) is 8.92. The summed E-state index contributed by atoms with van der Waals surface area (Å²) in [6.45, 7) is 6.56. The zero-order valence-corrected chi connectivity index (χ0v) is 14.5. The highest BCUT2D eigenvalue weighted by molar-refractivity contribution is 5.66. The van der Waals surface area contributed by atoms with Gasteiger partial charge in [-0.1, -0.05) is 44.4 Å². The molecule has 1 aliphatic heterocycles. The standard InChI is InChI=1S/C19H30N2O2/c1-3-20-15(2)9-6-4-5-7-10-16-11-8-12-17-13-21(19(22)23)14-18(16)17/h8,11-12,15,20H,3-7,9-10,13-14H2,1-2H3,(H,22,23). The van der Waals surface area contributed by atoms with E-state index in [1.54, 1.807) is 0 Å². The first-order chi connectivity index (χ1) is 11.1. The summed E-state index contributed by atoms with van der Waals surface area (Å²) < 4.78 is 0. The molecule has 0 saturated heterocycles. The van der Waals surface area contributed by atoms with Crippen molar-refractivity contribution < 1.29 is 9.90 Å². The molecule has 0 aromatic heterocycles. The Morgan fingerprint density at radius 1 is 1.26 bits per heavy atom. The van der Waals surface area contributed by atoms with E-state index in [0.717, 1.165) is 13.0 Å². The Balaban J connectivity index is 1.72. The Morgan fingerprint density at radius 3 is 2.78 bits per heavy atom. The Kier molecular flexibility index (Phi) is 6.90. The third kappa shape index (κ3) is 5.24. The summed E-state index contributed by atoms with van der Waals surface area (Å²) in [7, 11) is 0. The predicted octanol–water partition coefficient (Wildman–Crippen LogP) is 4.17. The maximum atomic E-state index is 11.1. The second kappa shape index (κ2) is 8.92. The van der Waals surface area contributed by atoms with Crippen LogP contribution in [-0.4, -0.2) is 28.7 Å². The van der Waals surface area contributed by atoms with E-state index in [-0.39, 0.29) is 0 Å². The number of unbranched alkanes of at least 4 members (excludes halogenated alkanes) is 3. The molecule has 23 heavy (non-hydrogen) atoms. The molecule has 4 nitrogen and oxygen atoms in total. The van der Waals surface area contributed by atoms with E-state index >= 15 is 0 Å². The van der Waals surface area contributed by atoms with Gasteiger partial charge in [0.15, 0.2) is 0 Å². The van der Waals surface area contributed by atoms with Gasteiger partial charge in [0.25, 0.3) is 0 Å². The number of carbonyl (C=O) groups is 1. The van der Waals surface area contributed by atoms with Crippen molar-refractivity contribution in [1.29, 1.82) is 0 Å². The van der Waals surface area contributed by atoms with Gasteiger partial charge in [0.05, 0.1) is 0 Å². The van der Waals surface area contributed by atoms with Crippen LogP contribution in [0.2, 0.25) is 0 Å². The monoisotopic (exact) mass is 318 g/mol. The van der Waals surface area contributed by atoms with Crippen LogP contribution in [0.5, 0.6) is 0 Å². The summed E-state index contributed by atoms with van der Waals surface area (Å²) in [6, 6.07) is 6.92. The second-order valence-electron chi connectivity index (χ2n) is 6.61. The number of aryl methyl sites for hydroxylation is 1. The minimum atomic E-state index is -0.818. The van der Waals surface area contributed by atoms with Gasteiger partial charge in [0, 0.05) is 19.1 Å². The molecule has 0 fully saturated rings. The van der Waals surface area contributed by atoms with E-state index in [1.165, 1.54) is 53.7 Å². The van der Waals surface area contributed by atoms with Crippen LogP contribution in [0.4, 0.5) is 4.79 Å². The van der Waals surface area contributed by atoms with Gasteiger partial charge >= 0.3 is 6.09 Å². The van der Waals surface area contributed by atoms with Crippen LogP contribution >= 0.6 is 0 Å². The number of hydrogen-bond donors (Lipinski definition) is 2. The molecule has 0 spiro atoms. The normalized spacial score (nSPS) is 14.8. The highest BCUT2D eigenvalue weighted by Gasteiger charge is 2.24. The van der Waals surface area contributed by atoms with Gasteiger partial charge in [-0.2, -0.15) is 0 Å². The minimum absolute atomic E-state index is 0.542. The number of rotatable bonds is 9. The summed E-state index contributed by atoms with van der Waals surface area (Å²) in [5, 5.41) is 12.6. The molecule has 128 valence electrons. The molecule has 1 heterocycles. The molecule has 1 amide bonds. The van der Waals surface area contributed by atoms with Gasteiger partial charge in [-0.15, -0.1) is 0 Å². The zero-order chi connectivity index (χ0) is 16.7. The highest BCUT2D eigenvalue weighted by atomic mass is 16.4. The van der Waals surface area contributed by atoms with Crippen molar-refractivity contribution in [2.45, 2.75) is 71.5 Å². The number of fused-ring (bicyclic) bond motifs is 1. The molecule has 1 aliphatic rings. The quantitative estimate of drug-likeness (QED) is 0.672. The van der Waals surface area contributed by atoms with Gasteiger partial charge < -0.3 is 10.4 Å². The average Bonchev–Trinajstić information content (AvgIpc) is 2.96. The lowest BCUT2D eigenvalue weighted by Gasteiger charge is -2.12. The van der Waals surface area contributed by atoms with Crippen molar-refractivity contribution in [3.63, 3.8) is 0 Å². The number of benzene rings is 1. The van der Waals surface area contributed by atoms with Crippen molar-refractivity contribution in [3.8, 4) is 0 Å². The molecule has 1 aromatic rings. The summed E-state index contributed by atoms with van der Waals surface area (Å²) >= 11 is 0. The first-order valence-corrected chi connectivity index (χ1v) is 8.92. The van der Waals surface area contributed by atoms with Gasteiger partial charge in [0.2, 0.25) is 0 Å². The van der Waals surface area contributed by atoms with Gasteiger partial charge in [-0.3, -0.25) is 4.90 Å². The van der Waals surface area contributed by atoms with E-state index in [4.69, 9.17) is 5.11 Å². The Labute approximate surface area is 139 Å². The smallest absolute Gasteiger partial charge is 0.407 e. The van der Waals surface area contributed by atoms with E-state index in [9.17, 15) is 4.79 Å². The van der Waals surface area contributed by atoms with Crippen LogP contribution in [0.25, 0.3) is 0 Å². The lowest BCUT2D eigenvalue weighted by molar-refractivity contribution is 0.145. The SMILES string of the molecule is CCNC(C)CCCCCCc1cccc2c1CN(C(=O)O)C2. The van der Waals surface area contributed by atoms with Crippen LogP contribution in [0.1, 0.15) is 62.6 Å². The molecular formula is C19H30N2O2. The topological polar surface area (TPSA) is 52.6 Å². The Hall–Kier alpha value is -1.55. The molecular weight excluding hydrogens is 288 g/mol. The summed E-state index contributed by atoms with van der Waals surface area (Å²) in [5.41, 5.74) is 3.77. The average molecular weight is 318 g/mol. The summed E-state index contributed by atoms with van der Waals surface area (Å²) in [4.78, 5) is 12.6. The van der Waals surface area contributed by atoms with Crippen molar-refractivity contribution >= 4 is 6.09 Å². The van der Waals surface area contributed by atoms with Crippen LogP contribution in [0.3, 0.4) is 0 Å². The third-order valence-electron chi connectivity index (χ3n) is 4.74. The van der Waals surface area contributed by atoms with E-state index in [2.05, 4.69) is 37.4 Å². The van der Waals surface area contributed by atoms with E-state index < -0.39 is 6.09 Å². The number of carboxylic acid groups (broad SMARTS) is 1. The van der Waals surface area contributed by atoms with E-state index in [1.807, 2.05) is 0 Å². The zero-order valence-electron chi connectivity index (χ0n) is 14.5. The first kappa shape index (κ1) is 17.8. The minimum Gasteiger partial charge on any atom is -0.465 e. The maximum absolute atomic E-state index is 11.1. The molecule has 2 rings (SSSR count). The maximum Gasteiger partial charge on any atom is 0.407 e. The molecule has 0 saturated carbocycles. The molecule has 1 atom stereocenters. The van der Waals surface area contributed by atoms with Crippen LogP contribution in [0, 0.1) is 0 Å². The fraction of sp³-hybridized carbons (Fsp3) is 0.632. The Bertz CT molecular complexity index is 516. The molecule has 0 bridgehead atoms. The Morgan fingerprint density at radius 2 is 2.04 bits per heavy atom. The van der Waals surface area contributed by atoms with Crippen molar-refractivity contribution in [1.82, 2.24) is 10.2 Å². The summed E-state index contributed by atoms with van der Waals surface area (Å²) in [5.74, 6) is 0. The van der Waals surface area contributed by atoms with Crippen LogP contribution in [-0.2, 0) is 19.5 Å².